The molecule has 8 heavy (non-hydrogen) atoms. The summed E-state index contributed by atoms with van der Waals surface area (Å²) in [7, 11) is 0. The minimum Gasteiger partial charge on any atom is -0.412 e. The molecule has 0 rings (SSSR count). The number of hydrogen-bond acceptors (Lipinski definition) is 0. The summed E-state index contributed by atoms with van der Waals surface area (Å²) in [6.45, 7) is 0. The van der Waals surface area contributed by atoms with E-state index in [9.17, 15) is 0 Å². The lowest BCUT2D eigenvalue weighted by Gasteiger charge is -0.413. The molecule has 0 radical (unpaired) electrons. The van der Waals surface area contributed by atoms with Gasteiger partial charge in [0.05, 0.1) is 0 Å². The summed E-state index contributed by atoms with van der Waals surface area (Å²) in [5.74, 6) is 0. The Balaban J connectivity index is 0. The number of rotatable bonds is 0. The van der Waals surface area contributed by atoms with Crippen LogP contribution in [0.4, 0.5) is 0 Å². The minimum absolute atomic E-state index is 0. The second-order valence-electron chi connectivity index (χ2n) is 0. The Morgan fingerprint density at radius 1 is 0.250 bits per heavy atom. The molecule has 0 aromatic carbocycles. The molecular weight excluding hydrogens is 104 g/mol. The van der Waals surface area contributed by atoms with E-state index in [2.05, 4.69) is 0 Å². The van der Waals surface area contributed by atoms with Crippen molar-refractivity contribution in [2.24, 2.45) is 0 Å². The van der Waals surface area contributed by atoms with E-state index in [1.54, 1.807) is 0 Å². The lowest BCUT2D eigenvalue weighted by Crippen LogP contribution is -0.290. The fourth-order valence-corrected chi connectivity index (χ4v) is 0. The summed E-state index contributed by atoms with van der Waals surface area (Å²) < 4.78 is 0. The topological polar surface area (TPSA) is 63.0 Å². The molecule has 0 aromatic heterocycles. The van der Waals surface area contributed by atoms with Crippen LogP contribution in [0.5, 0.6) is 0 Å². The van der Waals surface area contributed by atoms with E-state index in [-0.39, 0.29) is 55.5 Å². The fourth-order valence-electron chi connectivity index (χ4n) is 0. The highest BCUT2D eigenvalue weighted by Gasteiger charge is -0.0725. The van der Waals surface area contributed by atoms with Gasteiger partial charge in [0.25, 0.3) is 0 Å². The van der Waals surface area contributed by atoms with Crippen LogP contribution in [-0.4, -0.2) is 11.0 Å². The summed E-state index contributed by atoms with van der Waals surface area (Å²) in [4.78, 5) is 0. The van der Waals surface area contributed by atoms with Crippen molar-refractivity contribution in [3.8, 4) is 0 Å². The average Bonchev–Trinajstić information content (AvgIpc) is 0. The van der Waals surface area contributed by atoms with Crippen molar-refractivity contribution in [3.63, 3.8) is 0 Å². The Morgan fingerprint density at radius 2 is 0.250 bits per heavy atom. The maximum absolute atomic E-state index is 0. The first kappa shape index (κ1) is 59300. The highest BCUT2D eigenvalue weighted by atomic mass is 16.0. The van der Waals surface area contributed by atoms with E-state index in [0.29, 0.717) is 0 Å². The molecule has 0 amide bonds. The van der Waals surface area contributed by atoms with Crippen LogP contribution in [0.25, 0.3) is 0 Å². The lowest BCUT2D eigenvalue weighted by molar-refractivity contribution is 0.823. The van der Waals surface area contributed by atoms with Crippen LogP contribution in [0.3, 0.4) is 0 Å². The molecule has 2 heteroatoms. The molecule has 0 unspecified atom stereocenters. The van der Waals surface area contributed by atoms with Crippen LogP contribution in [-0.2, 0) is 0 Å². The van der Waals surface area contributed by atoms with Gasteiger partial charge in [-0.15, -0.1) is 0 Å². The maximum Gasteiger partial charge on any atom is -0.0776 e. The van der Waals surface area contributed by atoms with E-state index in [0.717, 1.165) is 0 Å². The molecule has 4 N–H and O–H groups in total. The zero-order valence-corrected chi connectivity index (χ0v) is 1.00. The van der Waals surface area contributed by atoms with Crippen molar-refractivity contribution in [2.45, 2.75) is 44.6 Å². The van der Waals surface area contributed by atoms with E-state index >= 15 is 0 Å². The van der Waals surface area contributed by atoms with Gasteiger partial charge in [0.15, 0.2) is 0 Å². The Morgan fingerprint density at radius 3 is 0.250 bits per heavy atom. The quantitative estimate of drug-likeness (QED) is 0.485. The van der Waals surface area contributed by atoms with Crippen LogP contribution in [0.15, 0.2) is 0 Å². The van der Waals surface area contributed by atoms with E-state index in [1.165, 1.54) is 0 Å². The van der Waals surface area contributed by atoms with E-state index in [1.807, 2.05) is 0 Å². The van der Waals surface area contributed by atoms with Crippen molar-refractivity contribution in [3.05, 3.63) is 0 Å². The second-order valence-corrected chi connectivity index (χ2v) is 0. The first-order chi connectivity index (χ1) is 0. The van der Waals surface area contributed by atoms with Crippen LogP contribution < -0.4 is 0 Å². The van der Waals surface area contributed by atoms with Crippen molar-refractivity contribution in [2.75, 3.05) is 0 Å². The van der Waals surface area contributed by atoms with Gasteiger partial charge in [-0.3, -0.25) is 0 Å². The monoisotopic (exact) mass is 132 g/mol. The van der Waals surface area contributed by atoms with Crippen LogP contribution in [0.2, 0.25) is 0 Å². The standard InChI is InChI=1S/6CH4.2H2O/h6*1H4;2*1H2. The first-order valence-electron chi connectivity index (χ1n) is 0. The van der Waals surface area contributed by atoms with Gasteiger partial charge in [-0.1, -0.05) is 44.6 Å². The lowest BCUT2D eigenvalue weighted by atomic mass is 12.0. The van der Waals surface area contributed by atoms with Crippen molar-refractivity contribution in [1.82, 2.24) is 0 Å². The third kappa shape index (κ3) is 22400. The van der Waals surface area contributed by atoms with Gasteiger partial charge < -0.3 is 11.0 Å². The zero-order valence-electron chi connectivity index (χ0n) is 1.00. The number of hydrogen-bond donors (Lipinski definition) is 0. The minimum atomic E-state index is 0. The van der Waals surface area contributed by atoms with Crippen molar-refractivity contribution in [1.29, 1.82) is 0 Å². The summed E-state index contributed by atoms with van der Waals surface area (Å²) in [5.41, 5.74) is 0. The molecule has 0 aliphatic carbocycles. The van der Waals surface area contributed by atoms with Gasteiger partial charge >= 0.3 is 0 Å². The summed E-state index contributed by atoms with van der Waals surface area (Å²) in [5, 5.41) is 0. The molecule has 0 aromatic rings. The molecule has 0 bridgehead atoms. The molecule has 0 aliphatic heterocycles. The highest BCUT2D eigenvalue weighted by molar-refractivity contribution is 2.51. The fraction of sp³-hybridized carbons (Fsp3) is 1.00. The van der Waals surface area contributed by atoms with Gasteiger partial charge in [-0.2, -0.15) is 0 Å². The van der Waals surface area contributed by atoms with Gasteiger partial charge in [-0.05, 0) is 0 Å². The van der Waals surface area contributed by atoms with Gasteiger partial charge in [0.1, 0.15) is 0 Å². The third-order valence-corrected chi connectivity index (χ3v) is 0. The van der Waals surface area contributed by atoms with Crippen LogP contribution in [0, 0.1) is 0 Å². The van der Waals surface area contributed by atoms with E-state index < -0.39 is 0 Å². The Labute approximate surface area is 56.6 Å². The van der Waals surface area contributed by atoms with Crippen molar-refractivity contribution >= 4 is 0 Å². The normalized spacial score (nSPS) is 0. The third-order valence-electron chi connectivity index (χ3n) is 0. The molecule has 0 saturated carbocycles. The first-order valence-corrected chi connectivity index (χ1v) is 0. The predicted molar refractivity (Wildman–Crippen MR) is 47.6 cm³/mol. The zero-order chi connectivity index (χ0) is 0. The van der Waals surface area contributed by atoms with Crippen molar-refractivity contribution < 1.29 is 11.0 Å². The van der Waals surface area contributed by atoms with Gasteiger partial charge in [0.2, 0.25) is 0 Å². The SMILES string of the molecule is C.C.C.C.C.C.O.O. The molecule has 0 saturated heterocycles. The second kappa shape index (κ2) is 37900. The smallest absolute Gasteiger partial charge is 0.0776 e. The molecule has 2 nitrogen and oxygen atoms in total. The van der Waals surface area contributed by atoms with E-state index in [4.69, 9.17) is 0 Å². The predicted octanol–water partition coefficient (Wildman–Crippen LogP) is 2.17. The Bertz CT molecular complexity index is 6.49. The molecule has 64 valence electrons. The molecule has 0 fully saturated rings. The molecular formula is C6H28O2. The molecule has 0 atom stereocenters. The summed E-state index contributed by atoms with van der Waals surface area (Å²) in [6.07, 6.45) is 0. The highest BCUT2D eigenvalue weighted by Crippen LogP contribution is 0.149. The molecule has 0 aliphatic rings. The Kier molecular flexibility index (Phi) is 281000000. The van der Waals surface area contributed by atoms with Gasteiger partial charge in [-0.25, -0.2) is 0 Å². The Hall–Kier alpha value is -0.0800. The summed E-state index contributed by atoms with van der Waals surface area (Å²) >= 11 is 0. The molecule has 0 heterocycles. The summed E-state index contributed by atoms with van der Waals surface area (Å²) in [6, 6.07) is 0. The molecule has 0 spiro atoms. The van der Waals surface area contributed by atoms with Gasteiger partial charge in [0, 0.05) is 0 Å². The largest absolute Gasteiger partial charge is 0.412 e. The van der Waals surface area contributed by atoms with Crippen LogP contribution >= 0.6 is 0 Å². The maximum atomic E-state index is 0. The van der Waals surface area contributed by atoms with Crippen LogP contribution in [0.1, 0.15) is 44.6 Å². The average molecular weight is 132 g/mol.